The first-order valence-electron chi connectivity index (χ1n) is 5.59. The monoisotopic (exact) mass is 258 g/mol. The fraction of sp³-hybridized carbons (Fsp3) is 0.727. The molecule has 17 heavy (non-hydrogen) atoms. The molecular formula is C11H18N2O3S. The summed E-state index contributed by atoms with van der Waals surface area (Å²) in [6.07, 6.45) is -0.350. The van der Waals surface area contributed by atoms with Crippen molar-refractivity contribution in [2.24, 2.45) is 0 Å². The number of methoxy groups -OCH3 is 2. The van der Waals surface area contributed by atoms with Gasteiger partial charge in [0.25, 0.3) is 0 Å². The molecule has 0 saturated carbocycles. The Bertz CT molecular complexity index is 357. The van der Waals surface area contributed by atoms with E-state index in [1.165, 1.54) is 0 Å². The van der Waals surface area contributed by atoms with Gasteiger partial charge in [-0.25, -0.2) is 4.98 Å². The summed E-state index contributed by atoms with van der Waals surface area (Å²) in [5.41, 5.74) is 0.722. The number of hydrogen-bond acceptors (Lipinski definition) is 6. The van der Waals surface area contributed by atoms with Gasteiger partial charge in [-0.3, -0.25) is 0 Å². The molecule has 1 saturated heterocycles. The summed E-state index contributed by atoms with van der Waals surface area (Å²) in [7, 11) is 3.40. The first kappa shape index (κ1) is 12.8. The SMILES string of the molecule is COC1CN(c2nc(C(C)O)cs2)CC1OC. The third-order valence-electron chi connectivity index (χ3n) is 3.03. The van der Waals surface area contributed by atoms with Crippen molar-refractivity contribution in [3.8, 4) is 0 Å². The summed E-state index contributed by atoms with van der Waals surface area (Å²) >= 11 is 1.54. The Balaban J connectivity index is 2.08. The highest BCUT2D eigenvalue weighted by atomic mass is 32.1. The Hall–Kier alpha value is -0.690. The van der Waals surface area contributed by atoms with E-state index in [4.69, 9.17) is 9.47 Å². The number of ether oxygens (including phenoxy) is 2. The first-order valence-corrected chi connectivity index (χ1v) is 6.47. The van der Waals surface area contributed by atoms with Crippen molar-refractivity contribution in [3.63, 3.8) is 0 Å². The minimum atomic E-state index is -0.515. The van der Waals surface area contributed by atoms with Crippen LogP contribution in [0, 0.1) is 0 Å². The Morgan fingerprint density at radius 1 is 1.41 bits per heavy atom. The van der Waals surface area contributed by atoms with E-state index in [-0.39, 0.29) is 12.2 Å². The molecule has 0 spiro atoms. The number of hydrogen-bond donors (Lipinski definition) is 1. The Labute approximate surface area is 105 Å². The van der Waals surface area contributed by atoms with Crippen LogP contribution in [0.5, 0.6) is 0 Å². The van der Waals surface area contributed by atoms with Crippen LogP contribution in [0.15, 0.2) is 5.38 Å². The normalized spacial score (nSPS) is 26.5. The predicted octanol–water partition coefficient (Wildman–Crippen LogP) is 1.05. The van der Waals surface area contributed by atoms with E-state index in [1.54, 1.807) is 32.5 Å². The van der Waals surface area contributed by atoms with E-state index >= 15 is 0 Å². The highest BCUT2D eigenvalue weighted by Crippen LogP contribution is 2.28. The van der Waals surface area contributed by atoms with Gasteiger partial charge in [0.05, 0.1) is 11.8 Å². The van der Waals surface area contributed by atoms with Crippen LogP contribution in [0.25, 0.3) is 0 Å². The second-order valence-corrected chi connectivity index (χ2v) is 5.02. The molecule has 1 aliphatic rings. The first-order chi connectivity index (χ1) is 8.15. The zero-order chi connectivity index (χ0) is 12.4. The van der Waals surface area contributed by atoms with E-state index in [0.717, 1.165) is 23.9 Å². The molecule has 1 N–H and O–H groups in total. The standard InChI is InChI=1S/C11H18N2O3S/c1-7(14)8-6-17-11(12-8)13-4-9(15-2)10(5-13)16-3/h6-7,9-10,14H,4-5H2,1-3H3. The summed E-state index contributed by atoms with van der Waals surface area (Å²) in [5.74, 6) is 0. The highest BCUT2D eigenvalue weighted by molar-refractivity contribution is 7.13. The molecule has 3 atom stereocenters. The summed E-state index contributed by atoms with van der Waals surface area (Å²) in [6.45, 7) is 3.28. The van der Waals surface area contributed by atoms with Crippen LogP contribution >= 0.6 is 11.3 Å². The lowest BCUT2D eigenvalue weighted by Gasteiger charge is -2.13. The van der Waals surface area contributed by atoms with E-state index in [2.05, 4.69) is 9.88 Å². The van der Waals surface area contributed by atoms with E-state index in [0.29, 0.717) is 0 Å². The molecule has 2 rings (SSSR count). The lowest BCUT2D eigenvalue weighted by atomic mass is 10.3. The van der Waals surface area contributed by atoms with Crippen LogP contribution in [-0.4, -0.2) is 49.6 Å². The van der Waals surface area contributed by atoms with Crippen molar-refractivity contribution < 1.29 is 14.6 Å². The van der Waals surface area contributed by atoms with Crippen LogP contribution in [0.4, 0.5) is 5.13 Å². The molecule has 5 nitrogen and oxygen atoms in total. The minimum Gasteiger partial charge on any atom is -0.387 e. The number of nitrogens with zero attached hydrogens (tertiary/aromatic N) is 2. The number of rotatable bonds is 4. The molecule has 3 unspecified atom stereocenters. The maximum Gasteiger partial charge on any atom is 0.185 e. The summed E-state index contributed by atoms with van der Waals surface area (Å²) in [6, 6.07) is 0. The number of anilines is 1. The molecule has 0 bridgehead atoms. The molecule has 0 radical (unpaired) electrons. The summed E-state index contributed by atoms with van der Waals surface area (Å²) in [4.78, 5) is 6.55. The Kier molecular flexibility index (Phi) is 3.98. The zero-order valence-electron chi connectivity index (χ0n) is 10.3. The smallest absolute Gasteiger partial charge is 0.185 e. The van der Waals surface area contributed by atoms with Crippen molar-refractivity contribution in [2.75, 3.05) is 32.2 Å². The molecule has 1 aliphatic heterocycles. The van der Waals surface area contributed by atoms with Crippen molar-refractivity contribution in [1.82, 2.24) is 4.98 Å². The number of thiazole rings is 1. The average molecular weight is 258 g/mol. The molecule has 96 valence electrons. The quantitative estimate of drug-likeness (QED) is 0.874. The highest BCUT2D eigenvalue weighted by Gasteiger charge is 2.34. The van der Waals surface area contributed by atoms with Crippen LogP contribution in [0.3, 0.4) is 0 Å². The maximum atomic E-state index is 9.45. The minimum absolute atomic E-state index is 0.0823. The van der Waals surface area contributed by atoms with Crippen molar-refractivity contribution in [1.29, 1.82) is 0 Å². The number of aromatic nitrogens is 1. The molecule has 0 aromatic carbocycles. The van der Waals surface area contributed by atoms with E-state index in [9.17, 15) is 5.11 Å². The number of aliphatic hydroxyl groups is 1. The topological polar surface area (TPSA) is 54.8 Å². The molecular weight excluding hydrogens is 240 g/mol. The van der Waals surface area contributed by atoms with Gasteiger partial charge < -0.3 is 19.5 Å². The summed E-state index contributed by atoms with van der Waals surface area (Å²) < 4.78 is 10.8. The molecule has 0 amide bonds. The van der Waals surface area contributed by atoms with Gasteiger partial charge in [0.2, 0.25) is 0 Å². The molecule has 1 fully saturated rings. The van der Waals surface area contributed by atoms with E-state index < -0.39 is 6.10 Å². The van der Waals surface area contributed by atoms with Gasteiger partial charge in [-0.2, -0.15) is 0 Å². The molecule has 2 heterocycles. The van der Waals surface area contributed by atoms with Gasteiger partial charge in [-0.1, -0.05) is 0 Å². The maximum absolute atomic E-state index is 9.45. The van der Waals surface area contributed by atoms with Gasteiger partial charge >= 0.3 is 0 Å². The van der Waals surface area contributed by atoms with Gasteiger partial charge in [-0.15, -0.1) is 11.3 Å². The molecule has 6 heteroatoms. The van der Waals surface area contributed by atoms with Crippen LogP contribution in [-0.2, 0) is 9.47 Å². The second-order valence-electron chi connectivity index (χ2n) is 4.18. The molecule has 1 aromatic heterocycles. The third-order valence-corrected chi connectivity index (χ3v) is 3.95. The largest absolute Gasteiger partial charge is 0.387 e. The van der Waals surface area contributed by atoms with E-state index in [1.807, 2.05) is 5.38 Å². The van der Waals surface area contributed by atoms with Gasteiger partial charge in [0.15, 0.2) is 5.13 Å². The Morgan fingerprint density at radius 2 is 2.00 bits per heavy atom. The fourth-order valence-corrected chi connectivity index (χ4v) is 2.90. The fourth-order valence-electron chi connectivity index (χ4n) is 1.97. The average Bonchev–Trinajstić information content (AvgIpc) is 2.94. The van der Waals surface area contributed by atoms with Crippen molar-refractivity contribution >= 4 is 16.5 Å². The van der Waals surface area contributed by atoms with Crippen molar-refractivity contribution in [3.05, 3.63) is 11.1 Å². The molecule has 0 aliphatic carbocycles. The molecule has 1 aromatic rings. The van der Waals surface area contributed by atoms with Gasteiger partial charge in [0, 0.05) is 32.7 Å². The lowest BCUT2D eigenvalue weighted by molar-refractivity contribution is -0.00461. The zero-order valence-corrected chi connectivity index (χ0v) is 11.1. The van der Waals surface area contributed by atoms with Crippen LogP contribution in [0.1, 0.15) is 18.7 Å². The van der Waals surface area contributed by atoms with Crippen LogP contribution in [0.2, 0.25) is 0 Å². The third kappa shape index (κ3) is 2.60. The Morgan fingerprint density at radius 3 is 2.41 bits per heavy atom. The lowest BCUT2D eigenvalue weighted by Crippen LogP contribution is -2.27. The van der Waals surface area contributed by atoms with Crippen molar-refractivity contribution in [2.45, 2.75) is 25.2 Å². The van der Waals surface area contributed by atoms with Gasteiger partial charge in [0.1, 0.15) is 12.2 Å². The number of aliphatic hydroxyl groups excluding tert-OH is 1. The summed E-state index contributed by atoms with van der Waals surface area (Å²) in [5, 5.41) is 12.3. The predicted molar refractivity (Wildman–Crippen MR) is 66.6 cm³/mol. The van der Waals surface area contributed by atoms with Gasteiger partial charge in [-0.05, 0) is 6.92 Å². The van der Waals surface area contributed by atoms with Crippen LogP contribution < -0.4 is 4.90 Å². The second kappa shape index (κ2) is 5.30.